The van der Waals surface area contributed by atoms with Crippen LogP contribution >= 0.6 is 11.6 Å². The Morgan fingerprint density at radius 2 is 1.71 bits per heavy atom. The lowest BCUT2D eigenvalue weighted by Gasteiger charge is -2.23. The van der Waals surface area contributed by atoms with Gasteiger partial charge in [0.1, 0.15) is 24.7 Å². The molecule has 0 unspecified atom stereocenters. The van der Waals surface area contributed by atoms with E-state index in [2.05, 4.69) is 32.9 Å². The van der Waals surface area contributed by atoms with Crippen LogP contribution < -0.4 is 9.47 Å². The second kappa shape index (κ2) is 8.20. The van der Waals surface area contributed by atoms with E-state index >= 15 is 0 Å². The SMILES string of the molecule is CCC(C)(C)c1ccc(OCCOc2ccc(Cl)cc2C=O)cc1. The Kier molecular flexibility index (Phi) is 6.27. The third-order valence-corrected chi connectivity index (χ3v) is 4.46. The molecule has 0 spiro atoms. The quantitative estimate of drug-likeness (QED) is 0.480. The molecule has 0 amide bonds. The number of carbonyl (C=O) groups excluding carboxylic acids is 1. The molecule has 0 radical (unpaired) electrons. The summed E-state index contributed by atoms with van der Waals surface area (Å²) in [6.45, 7) is 7.40. The third-order valence-electron chi connectivity index (χ3n) is 4.23. The monoisotopic (exact) mass is 346 g/mol. The van der Waals surface area contributed by atoms with Gasteiger partial charge < -0.3 is 9.47 Å². The first-order valence-corrected chi connectivity index (χ1v) is 8.45. The number of carbonyl (C=O) groups is 1. The molecule has 0 aliphatic carbocycles. The van der Waals surface area contributed by atoms with E-state index < -0.39 is 0 Å². The van der Waals surface area contributed by atoms with Crippen molar-refractivity contribution < 1.29 is 14.3 Å². The van der Waals surface area contributed by atoms with Crippen molar-refractivity contribution in [2.75, 3.05) is 13.2 Å². The summed E-state index contributed by atoms with van der Waals surface area (Å²) in [5.41, 5.74) is 1.90. The summed E-state index contributed by atoms with van der Waals surface area (Å²) in [4.78, 5) is 11.0. The number of benzene rings is 2. The van der Waals surface area contributed by atoms with E-state index in [9.17, 15) is 4.79 Å². The van der Waals surface area contributed by atoms with Crippen molar-refractivity contribution in [2.24, 2.45) is 0 Å². The van der Waals surface area contributed by atoms with Crippen LogP contribution in [0.2, 0.25) is 5.02 Å². The average molecular weight is 347 g/mol. The van der Waals surface area contributed by atoms with Crippen LogP contribution in [0.3, 0.4) is 0 Å². The van der Waals surface area contributed by atoms with Crippen molar-refractivity contribution in [1.29, 1.82) is 0 Å². The first-order chi connectivity index (χ1) is 11.5. The summed E-state index contributed by atoms with van der Waals surface area (Å²) >= 11 is 5.85. The lowest BCUT2D eigenvalue weighted by Crippen LogP contribution is -2.15. The van der Waals surface area contributed by atoms with Crippen LogP contribution in [-0.2, 0) is 5.41 Å². The molecule has 0 atom stereocenters. The zero-order valence-corrected chi connectivity index (χ0v) is 15.1. The molecule has 0 aromatic heterocycles. The molecule has 0 saturated heterocycles. The highest BCUT2D eigenvalue weighted by atomic mass is 35.5. The molecule has 24 heavy (non-hydrogen) atoms. The summed E-state index contributed by atoms with van der Waals surface area (Å²) in [6.07, 6.45) is 1.82. The lowest BCUT2D eigenvalue weighted by atomic mass is 9.82. The molecule has 2 aromatic carbocycles. The fourth-order valence-electron chi connectivity index (χ4n) is 2.26. The van der Waals surface area contributed by atoms with Crippen molar-refractivity contribution in [3.05, 3.63) is 58.6 Å². The predicted molar refractivity (Wildman–Crippen MR) is 97.6 cm³/mol. The highest BCUT2D eigenvalue weighted by Crippen LogP contribution is 2.28. The Bertz CT molecular complexity index is 678. The molecule has 0 aliphatic heterocycles. The molecule has 128 valence electrons. The molecule has 4 heteroatoms. The number of hydrogen-bond acceptors (Lipinski definition) is 3. The second-order valence-corrected chi connectivity index (χ2v) is 6.70. The highest BCUT2D eigenvalue weighted by molar-refractivity contribution is 6.30. The molecular formula is C20H23ClO3. The molecule has 2 aromatic rings. The maximum absolute atomic E-state index is 11.0. The maximum atomic E-state index is 11.0. The van der Waals surface area contributed by atoms with Gasteiger partial charge in [-0.2, -0.15) is 0 Å². The zero-order chi connectivity index (χ0) is 17.6. The molecular weight excluding hydrogens is 324 g/mol. The van der Waals surface area contributed by atoms with Crippen molar-refractivity contribution >= 4 is 17.9 Å². The van der Waals surface area contributed by atoms with E-state index in [0.717, 1.165) is 18.5 Å². The van der Waals surface area contributed by atoms with Crippen molar-refractivity contribution in [1.82, 2.24) is 0 Å². The number of hydrogen-bond donors (Lipinski definition) is 0. The Hall–Kier alpha value is -2.00. The number of aldehydes is 1. The third kappa shape index (κ3) is 4.75. The Morgan fingerprint density at radius 3 is 2.33 bits per heavy atom. The van der Waals surface area contributed by atoms with E-state index in [0.29, 0.717) is 29.5 Å². The van der Waals surface area contributed by atoms with Gasteiger partial charge in [0.15, 0.2) is 6.29 Å². The summed E-state index contributed by atoms with van der Waals surface area (Å²) < 4.78 is 11.3. The molecule has 0 fully saturated rings. The van der Waals surface area contributed by atoms with Gasteiger partial charge in [-0.25, -0.2) is 0 Å². The van der Waals surface area contributed by atoms with Gasteiger partial charge in [0.2, 0.25) is 0 Å². The summed E-state index contributed by atoms with van der Waals surface area (Å²) in [6, 6.07) is 13.1. The minimum atomic E-state index is 0.168. The van der Waals surface area contributed by atoms with Gasteiger partial charge in [-0.05, 0) is 47.7 Å². The van der Waals surface area contributed by atoms with E-state index in [1.807, 2.05) is 12.1 Å². The Morgan fingerprint density at radius 1 is 1.04 bits per heavy atom. The van der Waals surface area contributed by atoms with Gasteiger partial charge in [0, 0.05) is 5.02 Å². The maximum Gasteiger partial charge on any atom is 0.153 e. The summed E-state index contributed by atoms with van der Waals surface area (Å²) in [7, 11) is 0. The van der Waals surface area contributed by atoms with Gasteiger partial charge in [0.25, 0.3) is 0 Å². The zero-order valence-electron chi connectivity index (χ0n) is 14.3. The minimum absolute atomic E-state index is 0.168. The van der Waals surface area contributed by atoms with E-state index in [1.54, 1.807) is 18.2 Å². The molecule has 0 bridgehead atoms. The van der Waals surface area contributed by atoms with Gasteiger partial charge >= 0.3 is 0 Å². The van der Waals surface area contributed by atoms with Crippen LogP contribution in [0.15, 0.2) is 42.5 Å². The highest BCUT2D eigenvalue weighted by Gasteiger charge is 2.17. The van der Waals surface area contributed by atoms with Crippen LogP contribution in [0.1, 0.15) is 43.1 Å². The molecule has 0 N–H and O–H groups in total. The van der Waals surface area contributed by atoms with Crippen LogP contribution in [0.25, 0.3) is 0 Å². The van der Waals surface area contributed by atoms with Gasteiger partial charge in [-0.1, -0.05) is 44.5 Å². The first kappa shape index (κ1) is 18.3. The van der Waals surface area contributed by atoms with E-state index in [-0.39, 0.29) is 5.41 Å². The van der Waals surface area contributed by atoms with Crippen LogP contribution in [0.4, 0.5) is 0 Å². The molecule has 0 aliphatic rings. The lowest BCUT2D eigenvalue weighted by molar-refractivity contribution is 0.111. The fraction of sp³-hybridized carbons (Fsp3) is 0.350. The van der Waals surface area contributed by atoms with Crippen LogP contribution in [0, 0.1) is 0 Å². The Balaban J connectivity index is 1.86. The summed E-state index contributed by atoms with van der Waals surface area (Å²) in [5.74, 6) is 1.32. The Labute approximate surface area is 148 Å². The first-order valence-electron chi connectivity index (χ1n) is 8.07. The smallest absolute Gasteiger partial charge is 0.153 e. The predicted octanol–water partition coefficient (Wildman–Crippen LogP) is 5.30. The standard InChI is InChI=1S/C20H23ClO3/c1-4-20(2,3)16-5-8-18(9-6-16)23-11-12-24-19-10-7-17(21)13-15(19)14-22/h5-10,13-14H,4,11-12H2,1-3H3. The van der Waals surface area contributed by atoms with Crippen LogP contribution in [-0.4, -0.2) is 19.5 Å². The summed E-state index contributed by atoms with van der Waals surface area (Å²) in [5, 5.41) is 0.510. The number of rotatable bonds is 8. The molecule has 0 heterocycles. The number of halogens is 1. The second-order valence-electron chi connectivity index (χ2n) is 6.26. The largest absolute Gasteiger partial charge is 0.490 e. The molecule has 2 rings (SSSR count). The van der Waals surface area contributed by atoms with Crippen molar-refractivity contribution in [3.63, 3.8) is 0 Å². The van der Waals surface area contributed by atoms with Crippen molar-refractivity contribution in [2.45, 2.75) is 32.6 Å². The van der Waals surface area contributed by atoms with E-state index in [1.165, 1.54) is 5.56 Å². The van der Waals surface area contributed by atoms with E-state index in [4.69, 9.17) is 21.1 Å². The van der Waals surface area contributed by atoms with Crippen molar-refractivity contribution in [3.8, 4) is 11.5 Å². The minimum Gasteiger partial charge on any atom is -0.490 e. The topological polar surface area (TPSA) is 35.5 Å². The normalized spacial score (nSPS) is 11.2. The average Bonchev–Trinajstić information content (AvgIpc) is 2.60. The van der Waals surface area contributed by atoms with Gasteiger partial charge in [-0.15, -0.1) is 0 Å². The van der Waals surface area contributed by atoms with Crippen LogP contribution in [0.5, 0.6) is 11.5 Å². The van der Waals surface area contributed by atoms with Gasteiger partial charge in [0.05, 0.1) is 5.56 Å². The molecule has 3 nitrogen and oxygen atoms in total. The fourth-order valence-corrected chi connectivity index (χ4v) is 2.44. The van der Waals surface area contributed by atoms with Gasteiger partial charge in [-0.3, -0.25) is 4.79 Å². The molecule has 0 saturated carbocycles. The number of ether oxygens (including phenoxy) is 2.